The smallest absolute Gasteiger partial charge is 0.410 e. The van der Waals surface area contributed by atoms with Crippen LogP contribution in [0.1, 0.15) is 18.9 Å². The fourth-order valence-electron chi connectivity index (χ4n) is 2.99. The zero-order chi connectivity index (χ0) is 14.4. The number of benzene rings is 1. The molecule has 1 amide bonds. The predicted molar refractivity (Wildman–Crippen MR) is 78.9 cm³/mol. The van der Waals surface area contributed by atoms with Crippen molar-refractivity contribution in [1.82, 2.24) is 4.90 Å². The number of alkyl halides is 2. The van der Waals surface area contributed by atoms with Crippen molar-refractivity contribution in [3.63, 3.8) is 0 Å². The Morgan fingerprint density at radius 2 is 2.10 bits per heavy atom. The predicted octanol–water partition coefficient (Wildman–Crippen LogP) is 3.84. The average Bonchev–Trinajstić information content (AvgIpc) is 2.90. The number of carbonyl (C=O) groups excluding carboxylic acids is 1. The van der Waals surface area contributed by atoms with Gasteiger partial charge in [-0.2, -0.15) is 0 Å². The first kappa shape index (κ1) is 14.0. The molecule has 0 bridgehead atoms. The molecule has 2 aliphatic rings. The number of fused-ring (bicyclic) bond motifs is 1. The van der Waals surface area contributed by atoms with Crippen LogP contribution in [0.25, 0.3) is 0 Å². The highest BCUT2D eigenvalue weighted by Crippen LogP contribution is 2.72. The van der Waals surface area contributed by atoms with E-state index in [-0.39, 0.29) is 17.4 Å². The number of nitrogens with zero attached hydrogens (tertiary/aromatic N) is 1. The summed E-state index contributed by atoms with van der Waals surface area (Å²) in [5.74, 6) is 0.149. The number of hydrogen-bond acceptors (Lipinski definition) is 2. The zero-order valence-corrected chi connectivity index (χ0v) is 12.8. The van der Waals surface area contributed by atoms with E-state index in [1.807, 2.05) is 30.3 Å². The third kappa shape index (κ3) is 2.17. The summed E-state index contributed by atoms with van der Waals surface area (Å²) in [6, 6.07) is 9.66. The molecular formula is C15H17Cl2NO2. The minimum Gasteiger partial charge on any atom is -0.445 e. The van der Waals surface area contributed by atoms with Gasteiger partial charge in [0.2, 0.25) is 0 Å². The lowest BCUT2D eigenvalue weighted by Gasteiger charge is -2.28. The summed E-state index contributed by atoms with van der Waals surface area (Å²) in [5, 5.41) is 0. The maximum atomic E-state index is 12.1. The lowest BCUT2D eigenvalue weighted by molar-refractivity contribution is 0.0824. The van der Waals surface area contributed by atoms with Gasteiger partial charge in [0.05, 0.1) is 0 Å². The van der Waals surface area contributed by atoms with Crippen molar-refractivity contribution in [2.45, 2.75) is 24.3 Å². The van der Waals surface area contributed by atoms with Crippen molar-refractivity contribution >= 4 is 29.3 Å². The Kier molecular flexibility index (Phi) is 3.38. The summed E-state index contributed by atoms with van der Waals surface area (Å²) >= 11 is 12.6. The Bertz CT molecular complexity index is 520. The molecule has 1 aliphatic carbocycles. The Labute approximate surface area is 128 Å². The number of piperidine rings is 1. The van der Waals surface area contributed by atoms with E-state index in [0.29, 0.717) is 19.7 Å². The Balaban J connectivity index is 1.55. The monoisotopic (exact) mass is 313 g/mol. The van der Waals surface area contributed by atoms with Gasteiger partial charge >= 0.3 is 6.09 Å². The standard InChI is InChI=1S/C15H17Cl2NO2/c1-14-7-8-18(9-12(14)15(14,16)17)13(19)20-10-11-5-3-2-4-6-11/h2-6,12H,7-10H2,1H3. The van der Waals surface area contributed by atoms with Gasteiger partial charge < -0.3 is 9.64 Å². The lowest BCUT2D eigenvalue weighted by Crippen LogP contribution is -2.39. The van der Waals surface area contributed by atoms with Crippen LogP contribution in [0.4, 0.5) is 4.79 Å². The van der Waals surface area contributed by atoms with Crippen LogP contribution < -0.4 is 0 Å². The van der Waals surface area contributed by atoms with E-state index in [0.717, 1.165) is 12.0 Å². The molecule has 20 heavy (non-hydrogen) atoms. The Morgan fingerprint density at radius 3 is 2.75 bits per heavy atom. The second-order valence-corrected chi connectivity index (χ2v) is 7.22. The molecule has 2 atom stereocenters. The number of rotatable bonds is 2. The van der Waals surface area contributed by atoms with Gasteiger partial charge in [-0.3, -0.25) is 0 Å². The molecule has 3 nitrogen and oxygen atoms in total. The molecule has 1 aromatic carbocycles. The maximum absolute atomic E-state index is 12.1. The number of amides is 1. The molecule has 1 aliphatic heterocycles. The molecule has 1 saturated carbocycles. The highest BCUT2D eigenvalue weighted by atomic mass is 35.5. The molecular weight excluding hydrogens is 297 g/mol. The normalized spacial score (nSPS) is 30.6. The molecule has 1 heterocycles. The quantitative estimate of drug-likeness (QED) is 0.776. The van der Waals surface area contributed by atoms with E-state index in [1.165, 1.54) is 0 Å². The molecule has 108 valence electrons. The van der Waals surface area contributed by atoms with Crippen LogP contribution in [0.3, 0.4) is 0 Å². The first-order valence-electron chi connectivity index (χ1n) is 6.78. The molecule has 2 fully saturated rings. The average molecular weight is 314 g/mol. The minimum atomic E-state index is -0.693. The van der Waals surface area contributed by atoms with Gasteiger partial charge in [0.25, 0.3) is 0 Å². The minimum absolute atomic E-state index is 0.0493. The summed E-state index contributed by atoms with van der Waals surface area (Å²) in [5.41, 5.74) is 0.935. The molecule has 3 rings (SSSR count). The van der Waals surface area contributed by atoms with Gasteiger partial charge in [0.1, 0.15) is 10.9 Å². The van der Waals surface area contributed by atoms with Crippen LogP contribution in [-0.2, 0) is 11.3 Å². The van der Waals surface area contributed by atoms with E-state index < -0.39 is 4.33 Å². The van der Waals surface area contributed by atoms with Gasteiger partial charge in [-0.05, 0) is 12.0 Å². The second kappa shape index (κ2) is 4.81. The SMILES string of the molecule is CC12CCN(C(=O)OCc3ccccc3)CC1C2(Cl)Cl. The van der Waals surface area contributed by atoms with Crippen LogP contribution in [0.5, 0.6) is 0 Å². The molecule has 1 aromatic rings. The second-order valence-electron chi connectivity index (χ2n) is 5.83. The first-order valence-corrected chi connectivity index (χ1v) is 7.54. The summed E-state index contributed by atoms with van der Waals surface area (Å²) in [6.07, 6.45) is 0.539. The van der Waals surface area contributed by atoms with E-state index >= 15 is 0 Å². The van der Waals surface area contributed by atoms with Crippen molar-refractivity contribution in [3.05, 3.63) is 35.9 Å². The Hall–Kier alpha value is -0.930. The molecule has 5 heteroatoms. The molecule has 2 unspecified atom stereocenters. The molecule has 0 aromatic heterocycles. The third-order valence-corrected chi connectivity index (χ3v) is 6.04. The van der Waals surface area contributed by atoms with Crippen LogP contribution in [-0.4, -0.2) is 28.4 Å². The maximum Gasteiger partial charge on any atom is 0.410 e. The summed E-state index contributed by atoms with van der Waals surface area (Å²) in [6.45, 7) is 3.62. The largest absolute Gasteiger partial charge is 0.445 e. The molecule has 0 spiro atoms. The number of likely N-dealkylation sites (tertiary alicyclic amines) is 1. The van der Waals surface area contributed by atoms with Crippen molar-refractivity contribution in [2.75, 3.05) is 13.1 Å². The highest BCUT2D eigenvalue weighted by Gasteiger charge is 2.74. The summed E-state index contributed by atoms with van der Waals surface area (Å²) < 4.78 is 4.64. The topological polar surface area (TPSA) is 29.5 Å². The van der Waals surface area contributed by atoms with Crippen molar-refractivity contribution in [2.24, 2.45) is 11.3 Å². The van der Waals surface area contributed by atoms with Crippen LogP contribution >= 0.6 is 23.2 Å². The van der Waals surface area contributed by atoms with E-state index in [9.17, 15) is 4.79 Å². The number of halogens is 2. The number of ether oxygens (including phenoxy) is 1. The van der Waals surface area contributed by atoms with E-state index in [2.05, 4.69) is 6.92 Å². The van der Waals surface area contributed by atoms with E-state index in [1.54, 1.807) is 4.90 Å². The molecule has 0 N–H and O–H groups in total. The van der Waals surface area contributed by atoms with Gasteiger partial charge in [-0.25, -0.2) is 4.79 Å². The van der Waals surface area contributed by atoms with Gasteiger partial charge in [-0.1, -0.05) is 37.3 Å². The van der Waals surface area contributed by atoms with Gasteiger partial charge in [0.15, 0.2) is 0 Å². The van der Waals surface area contributed by atoms with E-state index in [4.69, 9.17) is 27.9 Å². The van der Waals surface area contributed by atoms with Gasteiger partial charge in [-0.15, -0.1) is 23.2 Å². The molecule has 0 radical (unpaired) electrons. The Morgan fingerprint density at radius 1 is 1.40 bits per heavy atom. The fraction of sp³-hybridized carbons (Fsp3) is 0.533. The van der Waals surface area contributed by atoms with Crippen LogP contribution in [0.15, 0.2) is 30.3 Å². The highest BCUT2D eigenvalue weighted by molar-refractivity contribution is 6.51. The van der Waals surface area contributed by atoms with Crippen LogP contribution in [0.2, 0.25) is 0 Å². The fourth-order valence-corrected chi connectivity index (χ4v) is 3.95. The molecule has 1 saturated heterocycles. The number of carbonyl (C=O) groups is 1. The summed E-state index contributed by atoms with van der Waals surface area (Å²) in [7, 11) is 0. The first-order chi connectivity index (χ1) is 9.45. The number of hydrogen-bond donors (Lipinski definition) is 0. The van der Waals surface area contributed by atoms with Gasteiger partial charge in [0, 0.05) is 24.4 Å². The van der Waals surface area contributed by atoms with Crippen molar-refractivity contribution < 1.29 is 9.53 Å². The summed E-state index contributed by atoms with van der Waals surface area (Å²) in [4.78, 5) is 13.8. The van der Waals surface area contributed by atoms with Crippen LogP contribution in [0, 0.1) is 11.3 Å². The third-order valence-electron chi connectivity index (χ3n) is 4.65. The van der Waals surface area contributed by atoms with Crippen molar-refractivity contribution in [3.8, 4) is 0 Å². The van der Waals surface area contributed by atoms with Crippen molar-refractivity contribution in [1.29, 1.82) is 0 Å². The lowest BCUT2D eigenvalue weighted by atomic mass is 9.98. The zero-order valence-electron chi connectivity index (χ0n) is 11.3.